The fourth-order valence-electron chi connectivity index (χ4n) is 2.33. The Labute approximate surface area is 163 Å². The summed E-state index contributed by atoms with van der Waals surface area (Å²) in [5, 5.41) is 31.6. The van der Waals surface area contributed by atoms with Crippen molar-refractivity contribution in [3.63, 3.8) is 0 Å². The number of hydrogen-bond acceptors (Lipinski definition) is 10. The molecule has 0 spiro atoms. The fourth-order valence-corrected chi connectivity index (χ4v) is 2.33. The highest BCUT2D eigenvalue weighted by Crippen LogP contribution is 2.22. The standard InChI is InChI=1S/C17H29NO10/c1-3-4-23-5-6-24-7-8-25-9-10-26-28-17-14(18-12(2)20)16(22)15(21)13(11-19)27-17/h1,13-17,19,21-22H,4-11H2,2H3,(H,18,20)/t13-,14-,15+,16-,17-/m1/s1. The summed E-state index contributed by atoms with van der Waals surface area (Å²) >= 11 is 0. The Morgan fingerprint density at radius 2 is 1.68 bits per heavy atom. The van der Waals surface area contributed by atoms with Gasteiger partial charge >= 0.3 is 0 Å². The first-order valence-electron chi connectivity index (χ1n) is 8.85. The number of nitrogens with one attached hydrogen (secondary N) is 1. The third-order valence-corrected chi connectivity index (χ3v) is 3.65. The monoisotopic (exact) mass is 407 g/mol. The maximum absolute atomic E-state index is 11.3. The zero-order valence-electron chi connectivity index (χ0n) is 15.8. The molecule has 5 atom stereocenters. The van der Waals surface area contributed by atoms with Crippen molar-refractivity contribution in [3.05, 3.63) is 0 Å². The Hall–Kier alpha value is -1.33. The highest BCUT2D eigenvalue weighted by Gasteiger charge is 2.46. The van der Waals surface area contributed by atoms with Crippen LogP contribution in [-0.4, -0.2) is 105 Å². The van der Waals surface area contributed by atoms with Crippen LogP contribution in [0, 0.1) is 12.3 Å². The van der Waals surface area contributed by atoms with E-state index in [4.69, 9.17) is 35.1 Å². The summed E-state index contributed by atoms with van der Waals surface area (Å²) in [6.07, 6.45) is -0.0494. The summed E-state index contributed by atoms with van der Waals surface area (Å²) in [6, 6.07) is -1.07. The van der Waals surface area contributed by atoms with Gasteiger partial charge in [-0.2, -0.15) is 0 Å². The lowest BCUT2D eigenvalue weighted by Crippen LogP contribution is -2.64. The molecule has 11 nitrogen and oxygen atoms in total. The second-order valence-electron chi connectivity index (χ2n) is 5.83. The van der Waals surface area contributed by atoms with Crippen LogP contribution in [0.2, 0.25) is 0 Å². The molecule has 0 aromatic rings. The van der Waals surface area contributed by atoms with Crippen LogP contribution in [0.25, 0.3) is 0 Å². The number of hydrogen-bond donors (Lipinski definition) is 4. The van der Waals surface area contributed by atoms with E-state index in [1.54, 1.807) is 0 Å². The molecular weight excluding hydrogens is 378 g/mol. The lowest BCUT2D eigenvalue weighted by Gasteiger charge is -2.41. The van der Waals surface area contributed by atoms with E-state index in [0.29, 0.717) is 26.4 Å². The van der Waals surface area contributed by atoms with Crippen molar-refractivity contribution in [3.8, 4) is 12.3 Å². The predicted octanol–water partition coefficient (Wildman–Crippen LogP) is -2.44. The van der Waals surface area contributed by atoms with Crippen molar-refractivity contribution in [2.45, 2.75) is 37.6 Å². The molecule has 162 valence electrons. The molecule has 1 rings (SSSR count). The average Bonchev–Trinajstić information content (AvgIpc) is 2.67. The minimum Gasteiger partial charge on any atom is -0.394 e. The third kappa shape index (κ3) is 9.24. The van der Waals surface area contributed by atoms with Gasteiger partial charge in [-0.25, -0.2) is 9.78 Å². The van der Waals surface area contributed by atoms with Crippen molar-refractivity contribution >= 4 is 5.91 Å². The second-order valence-corrected chi connectivity index (χ2v) is 5.83. The van der Waals surface area contributed by atoms with Gasteiger partial charge in [0.2, 0.25) is 12.2 Å². The van der Waals surface area contributed by atoms with Gasteiger partial charge in [0.25, 0.3) is 0 Å². The van der Waals surface area contributed by atoms with Gasteiger partial charge < -0.3 is 39.6 Å². The molecule has 0 radical (unpaired) electrons. The Kier molecular flexibility index (Phi) is 12.9. The number of rotatable bonds is 14. The van der Waals surface area contributed by atoms with Crippen molar-refractivity contribution < 1.29 is 48.8 Å². The number of ether oxygens (including phenoxy) is 4. The van der Waals surface area contributed by atoms with Crippen LogP contribution >= 0.6 is 0 Å². The summed E-state index contributed by atoms with van der Waals surface area (Å²) in [4.78, 5) is 21.3. The fraction of sp³-hybridized carbons (Fsp3) is 0.824. The van der Waals surface area contributed by atoms with Gasteiger partial charge in [0.05, 0.1) is 39.6 Å². The number of amides is 1. The molecule has 0 aliphatic carbocycles. The SMILES string of the molecule is C#CCOCCOCCOCCOO[C@H]1O[C@H](CO)[C@H](O)[C@H](O)[C@H]1NC(C)=O. The largest absolute Gasteiger partial charge is 0.394 e. The van der Waals surface area contributed by atoms with Crippen molar-refractivity contribution in [2.75, 3.05) is 52.9 Å². The molecule has 0 unspecified atom stereocenters. The first-order valence-corrected chi connectivity index (χ1v) is 8.85. The lowest BCUT2D eigenvalue weighted by atomic mass is 9.97. The first-order chi connectivity index (χ1) is 13.5. The van der Waals surface area contributed by atoms with Gasteiger partial charge in [0, 0.05) is 6.92 Å². The normalized spacial score (nSPS) is 27.3. The van der Waals surface area contributed by atoms with Crippen LogP contribution in [0.3, 0.4) is 0 Å². The van der Waals surface area contributed by atoms with E-state index in [1.807, 2.05) is 0 Å². The van der Waals surface area contributed by atoms with Gasteiger partial charge in [0.15, 0.2) is 0 Å². The molecule has 0 bridgehead atoms. The van der Waals surface area contributed by atoms with Crippen LogP contribution in [-0.2, 0) is 33.5 Å². The number of aliphatic hydroxyl groups excluding tert-OH is 3. The molecule has 11 heteroatoms. The van der Waals surface area contributed by atoms with Crippen LogP contribution < -0.4 is 5.32 Å². The van der Waals surface area contributed by atoms with Crippen molar-refractivity contribution in [1.82, 2.24) is 5.32 Å². The van der Waals surface area contributed by atoms with Crippen molar-refractivity contribution in [1.29, 1.82) is 0 Å². The molecular formula is C17H29NO10. The van der Waals surface area contributed by atoms with Gasteiger partial charge in [-0.3, -0.25) is 4.79 Å². The minimum absolute atomic E-state index is 0.0420. The molecule has 0 saturated carbocycles. The van der Waals surface area contributed by atoms with E-state index < -0.39 is 43.2 Å². The van der Waals surface area contributed by atoms with E-state index >= 15 is 0 Å². The summed E-state index contributed by atoms with van der Waals surface area (Å²) < 4.78 is 20.9. The second kappa shape index (κ2) is 14.6. The maximum Gasteiger partial charge on any atom is 0.217 e. The maximum atomic E-state index is 11.3. The Bertz CT molecular complexity index is 471. The van der Waals surface area contributed by atoms with Gasteiger partial charge in [-0.15, -0.1) is 6.42 Å². The lowest BCUT2D eigenvalue weighted by molar-refractivity contribution is -0.412. The molecule has 4 N–H and O–H groups in total. The quantitative estimate of drug-likeness (QED) is 0.106. The molecule has 1 aliphatic rings. The summed E-state index contributed by atoms with van der Waals surface area (Å²) in [5.74, 6) is 1.89. The first kappa shape index (κ1) is 24.7. The van der Waals surface area contributed by atoms with E-state index in [9.17, 15) is 20.1 Å². The molecule has 28 heavy (non-hydrogen) atoms. The van der Waals surface area contributed by atoms with Crippen LogP contribution in [0.5, 0.6) is 0 Å². The Morgan fingerprint density at radius 1 is 1.07 bits per heavy atom. The van der Waals surface area contributed by atoms with Gasteiger partial charge in [-0.1, -0.05) is 5.92 Å². The number of terminal acetylenes is 1. The van der Waals surface area contributed by atoms with Crippen molar-refractivity contribution in [2.24, 2.45) is 0 Å². The van der Waals surface area contributed by atoms with E-state index in [0.717, 1.165) is 0 Å². The van der Waals surface area contributed by atoms with E-state index in [2.05, 4.69) is 11.2 Å². The molecule has 1 aliphatic heterocycles. The highest BCUT2D eigenvalue weighted by molar-refractivity contribution is 5.73. The zero-order chi connectivity index (χ0) is 20.8. The third-order valence-electron chi connectivity index (χ3n) is 3.65. The Morgan fingerprint density at radius 3 is 2.25 bits per heavy atom. The number of aliphatic hydroxyl groups is 3. The van der Waals surface area contributed by atoms with E-state index in [-0.39, 0.29) is 19.8 Å². The smallest absolute Gasteiger partial charge is 0.217 e. The number of carbonyl (C=O) groups excluding carboxylic acids is 1. The van der Waals surface area contributed by atoms with Gasteiger partial charge in [-0.05, 0) is 0 Å². The average molecular weight is 407 g/mol. The number of carbonyl (C=O) groups is 1. The summed E-state index contributed by atoms with van der Waals surface area (Å²) in [6.45, 7) is 2.72. The van der Waals surface area contributed by atoms with Crippen LogP contribution in [0.4, 0.5) is 0 Å². The summed E-state index contributed by atoms with van der Waals surface area (Å²) in [7, 11) is 0. The molecule has 1 amide bonds. The Balaban J connectivity index is 2.19. The molecule has 1 fully saturated rings. The molecule has 1 heterocycles. The van der Waals surface area contributed by atoms with Crippen LogP contribution in [0.1, 0.15) is 6.92 Å². The van der Waals surface area contributed by atoms with Gasteiger partial charge in [0.1, 0.15) is 37.6 Å². The molecule has 0 aromatic carbocycles. The zero-order valence-corrected chi connectivity index (χ0v) is 15.8. The molecule has 1 saturated heterocycles. The van der Waals surface area contributed by atoms with Crippen LogP contribution in [0.15, 0.2) is 0 Å². The highest BCUT2D eigenvalue weighted by atomic mass is 17.2. The summed E-state index contributed by atoms with van der Waals surface area (Å²) in [5.41, 5.74) is 0. The minimum atomic E-state index is -1.40. The topological polar surface area (TPSA) is 145 Å². The molecule has 0 aromatic heterocycles. The van der Waals surface area contributed by atoms with E-state index in [1.165, 1.54) is 6.92 Å². The predicted molar refractivity (Wildman–Crippen MR) is 93.7 cm³/mol.